The van der Waals surface area contributed by atoms with Gasteiger partial charge in [0.05, 0.1) is 29.8 Å². The fourth-order valence-corrected chi connectivity index (χ4v) is 3.99. The highest BCUT2D eigenvalue weighted by atomic mass is 32.2. The van der Waals surface area contributed by atoms with Gasteiger partial charge in [-0.1, -0.05) is 35.9 Å². The molecule has 28 heavy (non-hydrogen) atoms. The number of benzene rings is 2. The van der Waals surface area contributed by atoms with E-state index in [1.807, 2.05) is 6.92 Å². The minimum absolute atomic E-state index is 0.00598. The zero-order valence-electron chi connectivity index (χ0n) is 15.4. The molecule has 0 bridgehead atoms. The molecule has 3 rings (SSSR count). The summed E-state index contributed by atoms with van der Waals surface area (Å²) in [5.41, 5.74) is 1.34. The average molecular weight is 406 g/mol. The molecule has 1 heterocycles. The predicted octanol–water partition coefficient (Wildman–Crippen LogP) is 2.08. The third kappa shape index (κ3) is 4.96. The molecule has 1 saturated heterocycles. The Morgan fingerprint density at radius 1 is 1.14 bits per heavy atom. The highest BCUT2D eigenvalue weighted by molar-refractivity contribution is 7.86. The van der Waals surface area contributed by atoms with Crippen LogP contribution < -0.4 is 0 Å². The van der Waals surface area contributed by atoms with Crippen molar-refractivity contribution < 1.29 is 32.0 Å². The molecule has 1 N–H and O–H groups in total. The van der Waals surface area contributed by atoms with E-state index in [9.17, 15) is 18.3 Å². The van der Waals surface area contributed by atoms with Crippen molar-refractivity contribution in [1.29, 1.82) is 0 Å². The second-order valence-electron chi connectivity index (χ2n) is 6.56. The molecule has 0 amide bonds. The number of hydrogen-bond donors (Lipinski definition) is 1. The zero-order chi connectivity index (χ0) is 20.1. The molecule has 2 aromatic carbocycles. The van der Waals surface area contributed by atoms with Crippen molar-refractivity contribution in [2.75, 3.05) is 13.2 Å². The normalized spacial score (nSPS) is 22.1. The number of carbonyl (C=O) groups is 1. The van der Waals surface area contributed by atoms with E-state index in [0.717, 1.165) is 5.56 Å². The Labute approximate surface area is 164 Å². The first kappa shape index (κ1) is 20.5. The number of rotatable bonds is 7. The van der Waals surface area contributed by atoms with E-state index in [2.05, 4.69) is 0 Å². The largest absolute Gasteiger partial charge is 0.462 e. The Hall–Kier alpha value is -2.26. The fraction of sp³-hybridized carbons (Fsp3) is 0.350. The molecule has 7 nitrogen and oxygen atoms in total. The van der Waals surface area contributed by atoms with Gasteiger partial charge in [0.2, 0.25) is 0 Å². The van der Waals surface area contributed by atoms with Gasteiger partial charge in [-0.3, -0.25) is 4.18 Å². The Morgan fingerprint density at radius 3 is 2.50 bits per heavy atom. The van der Waals surface area contributed by atoms with Crippen LogP contribution in [0.5, 0.6) is 0 Å². The molecular weight excluding hydrogens is 384 g/mol. The zero-order valence-corrected chi connectivity index (χ0v) is 16.2. The summed E-state index contributed by atoms with van der Waals surface area (Å²) in [7, 11) is -4.06. The Kier molecular flexibility index (Phi) is 6.46. The van der Waals surface area contributed by atoms with E-state index in [4.69, 9.17) is 13.7 Å². The Bertz CT molecular complexity index is 894. The number of carbonyl (C=O) groups excluding carboxylic acids is 1. The minimum Gasteiger partial charge on any atom is -0.462 e. The van der Waals surface area contributed by atoms with Gasteiger partial charge in [0.1, 0.15) is 12.2 Å². The lowest BCUT2D eigenvalue weighted by Gasteiger charge is -2.20. The molecule has 1 aliphatic heterocycles. The van der Waals surface area contributed by atoms with Crippen LogP contribution in [0.2, 0.25) is 0 Å². The maximum absolute atomic E-state index is 12.5. The van der Waals surface area contributed by atoms with Gasteiger partial charge in [0.25, 0.3) is 10.1 Å². The van der Waals surface area contributed by atoms with Crippen LogP contribution in [-0.4, -0.2) is 51.0 Å². The van der Waals surface area contributed by atoms with Crippen LogP contribution in [0, 0.1) is 6.92 Å². The van der Waals surface area contributed by atoms with Gasteiger partial charge in [-0.25, -0.2) is 4.79 Å². The summed E-state index contributed by atoms with van der Waals surface area (Å²) in [5, 5.41) is 10.1. The lowest BCUT2D eigenvalue weighted by atomic mass is 10.1. The van der Waals surface area contributed by atoms with Crippen molar-refractivity contribution in [3.05, 3.63) is 65.7 Å². The van der Waals surface area contributed by atoms with Gasteiger partial charge in [-0.15, -0.1) is 0 Å². The first-order chi connectivity index (χ1) is 13.4. The molecule has 0 radical (unpaired) electrons. The molecule has 1 fully saturated rings. The number of hydrogen-bond acceptors (Lipinski definition) is 7. The van der Waals surface area contributed by atoms with Gasteiger partial charge in [-0.2, -0.15) is 8.42 Å². The molecule has 1 aliphatic rings. The van der Waals surface area contributed by atoms with Crippen LogP contribution in [0.4, 0.5) is 0 Å². The predicted molar refractivity (Wildman–Crippen MR) is 100 cm³/mol. The van der Waals surface area contributed by atoms with Crippen LogP contribution in [0.1, 0.15) is 22.3 Å². The van der Waals surface area contributed by atoms with Gasteiger partial charge in [-0.05, 0) is 31.2 Å². The number of aliphatic hydroxyl groups is 1. The van der Waals surface area contributed by atoms with Crippen molar-refractivity contribution in [3.63, 3.8) is 0 Å². The molecule has 0 aromatic heterocycles. The Morgan fingerprint density at radius 2 is 1.82 bits per heavy atom. The fourth-order valence-electron chi connectivity index (χ4n) is 2.87. The van der Waals surface area contributed by atoms with Gasteiger partial charge in [0, 0.05) is 6.42 Å². The highest BCUT2D eigenvalue weighted by Gasteiger charge is 2.40. The molecule has 8 heteroatoms. The molecule has 0 saturated carbocycles. The maximum Gasteiger partial charge on any atom is 0.338 e. The van der Waals surface area contributed by atoms with E-state index in [1.165, 1.54) is 12.1 Å². The van der Waals surface area contributed by atoms with Crippen LogP contribution >= 0.6 is 0 Å². The van der Waals surface area contributed by atoms with E-state index < -0.39 is 34.4 Å². The molecule has 0 unspecified atom stereocenters. The van der Waals surface area contributed by atoms with Crippen molar-refractivity contribution in [2.45, 2.75) is 36.6 Å². The SMILES string of the molecule is Cc1ccc(S(=O)(=O)O[C@@H]2[C@@H](O)CO[C@@H]2CCOC(=O)c2ccccc2)cc1. The number of aliphatic hydroxyl groups excluding tert-OH is 1. The molecule has 0 aliphatic carbocycles. The van der Waals surface area contributed by atoms with Crippen LogP contribution in [0.15, 0.2) is 59.5 Å². The minimum atomic E-state index is -4.06. The van der Waals surface area contributed by atoms with Crippen molar-refractivity contribution in [1.82, 2.24) is 0 Å². The topological polar surface area (TPSA) is 99.1 Å². The monoisotopic (exact) mass is 406 g/mol. The number of esters is 1. The van der Waals surface area contributed by atoms with E-state index in [-0.39, 0.29) is 24.5 Å². The van der Waals surface area contributed by atoms with Crippen molar-refractivity contribution in [2.24, 2.45) is 0 Å². The van der Waals surface area contributed by atoms with Crippen molar-refractivity contribution in [3.8, 4) is 0 Å². The first-order valence-corrected chi connectivity index (χ1v) is 10.3. The van der Waals surface area contributed by atoms with Crippen molar-refractivity contribution >= 4 is 16.1 Å². The van der Waals surface area contributed by atoms with Crippen LogP contribution in [0.3, 0.4) is 0 Å². The average Bonchev–Trinajstić information content (AvgIpc) is 3.02. The van der Waals surface area contributed by atoms with Gasteiger partial charge >= 0.3 is 5.97 Å². The second kappa shape index (κ2) is 8.83. The highest BCUT2D eigenvalue weighted by Crippen LogP contribution is 2.25. The molecule has 3 atom stereocenters. The van der Waals surface area contributed by atoms with Gasteiger partial charge in [0.15, 0.2) is 0 Å². The summed E-state index contributed by atoms with van der Waals surface area (Å²) in [5.74, 6) is -0.483. The first-order valence-electron chi connectivity index (χ1n) is 8.88. The quantitative estimate of drug-likeness (QED) is 0.555. The summed E-state index contributed by atoms with van der Waals surface area (Å²) in [6, 6.07) is 14.8. The number of aryl methyl sites for hydroxylation is 1. The van der Waals surface area contributed by atoms with E-state index in [0.29, 0.717) is 5.56 Å². The lowest BCUT2D eigenvalue weighted by molar-refractivity contribution is 0.0168. The standard InChI is InChI=1S/C20H22O7S/c1-14-7-9-16(10-8-14)28(23,24)27-19-17(21)13-26-18(19)11-12-25-20(22)15-5-3-2-4-6-15/h2-10,17-19,21H,11-13H2,1H3/t17-,18+,19+/m0/s1. The molecule has 2 aromatic rings. The second-order valence-corrected chi connectivity index (χ2v) is 8.13. The summed E-state index contributed by atoms with van der Waals surface area (Å²) >= 11 is 0. The van der Waals surface area contributed by atoms with Gasteiger partial charge < -0.3 is 14.6 Å². The van der Waals surface area contributed by atoms with Crippen LogP contribution in [0.25, 0.3) is 0 Å². The summed E-state index contributed by atoms with van der Waals surface area (Å²) in [4.78, 5) is 12.0. The van der Waals surface area contributed by atoms with E-state index >= 15 is 0 Å². The molecule has 0 spiro atoms. The number of ether oxygens (including phenoxy) is 2. The third-order valence-corrected chi connectivity index (χ3v) is 5.74. The smallest absolute Gasteiger partial charge is 0.338 e. The lowest BCUT2D eigenvalue weighted by Crippen LogP contribution is -2.36. The van der Waals surface area contributed by atoms with Crippen LogP contribution in [-0.2, 0) is 23.8 Å². The molecule has 150 valence electrons. The summed E-state index contributed by atoms with van der Waals surface area (Å²) in [6.45, 7) is 1.81. The summed E-state index contributed by atoms with van der Waals surface area (Å²) < 4.78 is 40.8. The third-order valence-electron chi connectivity index (χ3n) is 4.42. The summed E-state index contributed by atoms with van der Waals surface area (Å²) in [6.07, 6.45) is -2.67. The maximum atomic E-state index is 12.5. The molecular formula is C20H22O7S. The Balaban J connectivity index is 1.59. The van der Waals surface area contributed by atoms with E-state index in [1.54, 1.807) is 42.5 Å².